The number of anilines is 1. The minimum absolute atomic E-state index is 0.0505. The van der Waals surface area contributed by atoms with Gasteiger partial charge < -0.3 is 9.64 Å². The van der Waals surface area contributed by atoms with Crippen LogP contribution >= 0.6 is 11.6 Å². The van der Waals surface area contributed by atoms with Crippen LogP contribution < -0.4 is 10.4 Å². The Morgan fingerprint density at radius 1 is 1.30 bits per heavy atom. The highest BCUT2D eigenvalue weighted by Gasteiger charge is 2.33. The lowest BCUT2D eigenvalue weighted by atomic mass is 9.96. The van der Waals surface area contributed by atoms with Crippen LogP contribution in [0, 0.1) is 5.92 Å². The molecule has 0 aliphatic carbocycles. The summed E-state index contributed by atoms with van der Waals surface area (Å²) in [6, 6.07) is 0.876. The van der Waals surface area contributed by atoms with Gasteiger partial charge in [-0.25, -0.2) is 15.3 Å². The molecule has 1 N–H and O–H groups in total. The third-order valence-corrected chi connectivity index (χ3v) is 5.02. The van der Waals surface area contributed by atoms with Gasteiger partial charge in [-0.1, -0.05) is 11.6 Å². The van der Waals surface area contributed by atoms with E-state index in [1.807, 2.05) is 0 Å². The van der Waals surface area contributed by atoms with Crippen molar-refractivity contribution in [1.82, 2.24) is 10.5 Å². The Morgan fingerprint density at radius 3 is 2.63 bits per heavy atom. The van der Waals surface area contributed by atoms with Gasteiger partial charge in [-0.05, 0) is 31.7 Å². The molecule has 1 aromatic heterocycles. The number of pyridine rings is 1. The number of carbonyl (C=O) groups excluding carboxylic acids is 1. The van der Waals surface area contributed by atoms with Crippen LogP contribution in [0.1, 0.15) is 37.7 Å². The summed E-state index contributed by atoms with van der Waals surface area (Å²) in [7, 11) is 0. The first-order valence-electron chi connectivity index (χ1n) is 8.89. The van der Waals surface area contributed by atoms with Gasteiger partial charge >= 0.3 is 6.18 Å². The van der Waals surface area contributed by atoms with Crippen LogP contribution in [0.15, 0.2) is 12.3 Å². The fourth-order valence-corrected chi connectivity index (χ4v) is 3.47. The summed E-state index contributed by atoms with van der Waals surface area (Å²) in [6.07, 6.45) is -0.318. The van der Waals surface area contributed by atoms with Crippen LogP contribution in [0.5, 0.6) is 0 Å². The topological polar surface area (TPSA) is 63.7 Å². The summed E-state index contributed by atoms with van der Waals surface area (Å²) in [5, 5.41) is -0.0505. The van der Waals surface area contributed by atoms with Gasteiger partial charge in [-0.3, -0.25) is 4.79 Å². The molecule has 1 aromatic rings. The van der Waals surface area contributed by atoms with Gasteiger partial charge in [-0.2, -0.15) is 13.2 Å². The second-order valence-corrected chi connectivity index (χ2v) is 7.08. The molecule has 0 bridgehead atoms. The highest BCUT2D eigenvalue weighted by molar-refractivity contribution is 6.33. The van der Waals surface area contributed by atoms with E-state index in [1.165, 1.54) is 0 Å². The molecule has 0 saturated carbocycles. The molecule has 3 rings (SSSR count). The number of alkyl halides is 3. The number of hydrogen-bond donors (Lipinski definition) is 1. The van der Waals surface area contributed by atoms with Gasteiger partial charge in [0.15, 0.2) is 6.29 Å². The number of hydrogen-bond acceptors (Lipinski definition) is 5. The number of amides is 1. The Labute approximate surface area is 159 Å². The number of ether oxygens (including phenoxy) is 1. The number of halogens is 4. The summed E-state index contributed by atoms with van der Waals surface area (Å²) in [6.45, 7) is 1.56. The lowest BCUT2D eigenvalue weighted by Crippen LogP contribution is -2.42. The Balaban J connectivity index is 1.50. The number of carbonyl (C=O) groups is 1. The van der Waals surface area contributed by atoms with Crippen LogP contribution in [0.2, 0.25) is 5.02 Å². The Morgan fingerprint density at radius 2 is 2.04 bits per heavy atom. The third kappa shape index (κ3) is 5.24. The fourth-order valence-electron chi connectivity index (χ4n) is 3.18. The third-order valence-electron chi connectivity index (χ3n) is 4.74. The second-order valence-electron chi connectivity index (χ2n) is 6.67. The van der Waals surface area contributed by atoms with Crippen LogP contribution in [0.4, 0.5) is 19.0 Å². The van der Waals surface area contributed by atoms with Gasteiger partial charge in [0, 0.05) is 38.2 Å². The number of nitrogens with zero attached hydrogens (tertiary/aromatic N) is 2. The Kier molecular flexibility index (Phi) is 6.44. The predicted molar refractivity (Wildman–Crippen MR) is 92.0 cm³/mol. The Hall–Kier alpha value is -1.58. The summed E-state index contributed by atoms with van der Waals surface area (Å²) in [4.78, 5) is 23.2. The van der Waals surface area contributed by atoms with Crippen molar-refractivity contribution >= 4 is 23.3 Å². The van der Waals surface area contributed by atoms with Crippen molar-refractivity contribution in [2.75, 3.05) is 24.6 Å². The van der Waals surface area contributed by atoms with Crippen LogP contribution in [0.3, 0.4) is 0 Å². The zero-order valence-electron chi connectivity index (χ0n) is 14.6. The predicted octanol–water partition coefficient (Wildman–Crippen LogP) is 3.54. The van der Waals surface area contributed by atoms with E-state index in [-0.39, 0.29) is 16.8 Å². The van der Waals surface area contributed by atoms with Crippen molar-refractivity contribution in [2.24, 2.45) is 5.92 Å². The van der Waals surface area contributed by atoms with Crippen molar-refractivity contribution in [3.63, 3.8) is 0 Å². The lowest BCUT2D eigenvalue weighted by Gasteiger charge is -2.33. The maximum atomic E-state index is 12.7. The first-order valence-corrected chi connectivity index (χ1v) is 9.27. The zero-order chi connectivity index (χ0) is 19.4. The highest BCUT2D eigenvalue weighted by atomic mass is 35.5. The van der Waals surface area contributed by atoms with E-state index in [9.17, 15) is 18.0 Å². The van der Waals surface area contributed by atoms with E-state index in [0.717, 1.165) is 31.5 Å². The first-order chi connectivity index (χ1) is 12.8. The van der Waals surface area contributed by atoms with Gasteiger partial charge in [0.05, 0.1) is 10.6 Å². The summed E-state index contributed by atoms with van der Waals surface area (Å²) >= 11 is 5.99. The van der Waals surface area contributed by atoms with Gasteiger partial charge in [0.1, 0.15) is 5.82 Å². The maximum Gasteiger partial charge on any atom is 0.417 e. The number of piperidine rings is 1. The standard InChI is InChI=1S/C17H21ClF3N3O3/c18-13-9-12(17(19,20)21)10-22-15(13)24-6-4-11(5-7-24)16(25)23-27-14-3-1-2-8-26-14/h9-11,14H,1-8H2,(H,23,25). The molecular formula is C17H21ClF3N3O3. The quantitative estimate of drug-likeness (QED) is 0.773. The molecule has 1 atom stereocenters. The second kappa shape index (κ2) is 8.62. The van der Waals surface area contributed by atoms with Crippen molar-refractivity contribution < 1.29 is 27.5 Å². The molecule has 0 radical (unpaired) electrons. The molecule has 10 heteroatoms. The molecule has 27 heavy (non-hydrogen) atoms. The zero-order valence-corrected chi connectivity index (χ0v) is 15.4. The smallest absolute Gasteiger partial charge is 0.355 e. The summed E-state index contributed by atoms with van der Waals surface area (Å²) in [5.74, 6) is -0.149. The lowest BCUT2D eigenvalue weighted by molar-refractivity contribution is -0.202. The minimum atomic E-state index is -4.48. The molecule has 2 aliphatic rings. The van der Waals surface area contributed by atoms with Gasteiger partial charge in [0.2, 0.25) is 5.91 Å². The normalized spacial score (nSPS) is 21.9. The minimum Gasteiger partial charge on any atom is -0.355 e. The van der Waals surface area contributed by atoms with E-state index in [0.29, 0.717) is 38.4 Å². The SMILES string of the molecule is O=C(NOC1CCCCO1)C1CCN(c2ncc(C(F)(F)F)cc2Cl)CC1. The van der Waals surface area contributed by atoms with Crippen molar-refractivity contribution in [3.05, 3.63) is 22.8 Å². The fraction of sp³-hybridized carbons (Fsp3) is 0.647. The maximum absolute atomic E-state index is 12.7. The van der Waals surface area contributed by atoms with Gasteiger partial charge in [-0.15, -0.1) is 0 Å². The molecule has 1 unspecified atom stereocenters. The average Bonchev–Trinajstić information content (AvgIpc) is 2.66. The number of hydroxylamine groups is 1. The van der Waals surface area contributed by atoms with Crippen LogP contribution in [-0.2, 0) is 20.5 Å². The van der Waals surface area contributed by atoms with Crippen molar-refractivity contribution in [2.45, 2.75) is 44.6 Å². The van der Waals surface area contributed by atoms with Gasteiger partial charge in [0.25, 0.3) is 0 Å². The van der Waals surface area contributed by atoms with E-state index < -0.39 is 18.0 Å². The molecule has 1 amide bonds. The van der Waals surface area contributed by atoms with Crippen molar-refractivity contribution in [3.8, 4) is 0 Å². The monoisotopic (exact) mass is 407 g/mol. The van der Waals surface area contributed by atoms with Crippen LogP contribution in [-0.4, -0.2) is 36.9 Å². The van der Waals surface area contributed by atoms with Crippen LogP contribution in [0.25, 0.3) is 0 Å². The summed E-state index contributed by atoms with van der Waals surface area (Å²) in [5.41, 5.74) is 1.58. The molecule has 2 aliphatic heterocycles. The summed E-state index contributed by atoms with van der Waals surface area (Å²) < 4.78 is 43.5. The molecule has 3 heterocycles. The molecular weight excluding hydrogens is 387 g/mol. The number of nitrogens with one attached hydrogen (secondary N) is 1. The molecule has 6 nitrogen and oxygen atoms in total. The largest absolute Gasteiger partial charge is 0.417 e. The average molecular weight is 408 g/mol. The Bertz CT molecular complexity index is 661. The van der Waals surface area contributed by atoms with E-state index in [4.69, 9.17) is 21.2 Å². The van der Waals surface area contributed by atoms with Crippen molar-refractivity contribution in [1.29, 1.82) is 0 Å². The molecule has 0 aromatic carbocycles. The first kappa shape index (κ1) is 20.2. The molecule has 2 fully saturated rings. The molecule has 0 spiro atoms. The molecule has 150 valence electrons. The molecule has 2 saturated heterocycles. The van der Waals surface area contributed by atoms with E-state index in [2.05, 4.69) is 10.5 Å². The number of aromatic nitrogens is 1. The van der Waals surface area contributed by atoms with E-state index >= 15 is 0 Å². The highest BCUT2D eigenvalue weighted by Crippen LogP contribution is 2.34. The van der Waals surface area contributed by atoms with E-state index in [1.54, 1.807) is 4.90 Å². The number of rotatable bonds is 4.